The van der Waals surface area contributed by atoms with Crippen molar-refractivity contribution in [2.24, 2.45) is 14.1 Å². The van der Waals surface area contributed by atoms with Crippen molar-refractivity contribution in [3.05, 3.63) is 85.3 Å². The van der Waals surface area contributed by atoms with Gasteiger partial charge in [0.05, 0.1) is 19.2 Å². The number of esters is 1. The number of rotatable bonds is 5. The van der Waals surface area contributed by atoms with Crippen molar-refractivity contribution in [3.8, 4) is 11.8 Å². The van der Waals surface area contributed by atoms with E-state index in [2.05, 4.69) is 9.72 Å². The number of halogens is 2. The molecule has 170 valence electrons. The van der Waals surface area contributed by atoms with E-state index in [1.165, 1.54) is 66.7 Å². The van der Waals surface area contributed by atoms with Gasteiger partial charge in [0, 0.05) is 19.1 Å². The van der Waals surface area contributed by atoms with E-state index in [4.69, 9.17) is 16.3 Å². The lowest BCUT2D eigenvalue weighted by atomic mass is 10.2. The van der Waals surface area contributed by atoms with E-state index in [0.29, 0.717) is 16.9 Å². The molecule has 2 heterocycles. The summed E-state index contributed by atoms with van der Waals surface area (Å²) in [4.78, 5) is 41.4. The molecule has 2 aromatic carbocycles. The number of imidazole rings is 1. The average molecular weight is 473 g/mol. The fourth-order valence-electron chi connectivity index (χ4n) is 3.35. The SMILES string of the molecule is COC(=O)c1ccc(Oc2nc3c(c(=O)n(C)c(=O)n3C)n2Cc2ccc(F)cc2Cl)cc1. The Kier molecular flexibility index (Phi) is 5.77. The quantitative estimate of drug-likeness (QED) is 0.414. The summed E-state index contributed by atoms with van der Waals surface area (Å²) < 4.78 is 27.8. The van der Waals surface area contributed by atoms with E-state index < -0.39 is 23.0 Å². The van der Waals surface area contributed by atoms with Gasteiger partial charge < -0.3 is 9.47 Å². The molecule has 0 aliphatic carbocycles. The average Bonchev–Trinajstić information content (AvgIpc) is 3.16. The van der Waals surface area contributed by atoms with Crippen molar-refractivity contribution in [1.82, 2.24) is 18.7 Å². The first kappa shape index (κ1) is 22.3. The van der Waals surface area contributed by atoms with Crippen LogP contribution in [0.5, 0.6) is 11.8 Å². The van der Waals surface area contributed by atoms with Crippen LogP contribution < -0.4 is 16.0 Å². The number of hydrogen-bond donors (Lipinski definition) is 0. The summed E-state index contributed by atoms with van der Waals surface area (Å²) in [5, 5.41) is 0.159. The number of methoxy groups -OCH3 is 1. The minimum absolute atomic E-state index is 0.00881. The number of ether oxygens (including phenoxy) is 2. The van der Waals surface area contributed by atoms with Crippen LogP contribution in [0.15, 0.2) is 52.1 Å². The molecule has 9 nitrogen and oxygen atoms in total. The third kappa shape index (κ3) is 4.00. The molecule has 0 N–H and O–H groups in total. The summed E-state index contributed by atoms with van der Waals surface area (Å²) >= 11 is 6.20. The third-order valence-corrected chi connectivity index (χ3v) is 5.49. The number of nitrogens with zero attached hydrogens (tertiary/aromatic N) is 4. The Balaban J connectivity index is 1.87. The fraction of sp³-hybridized carbons (Fsp3) is 0.182. The van der Waals surface area contributed by atoms with E-state index in [-0.39, 0.29) is 28.7 Å². The van der Waals surface area contributed by atoms with Crippen molar-refractivity contribution in [1.29, 1.82) is 0 Å². The minimum atomic E-state index is -0.574. The molecule has 0 amide bonds. The maximum absolute atomic E-state index is 13.5. The van der Waals surface area contributed by atoms with Gasteiger partial charge in [0.15, 0.2) is 11.2 Å². The Morgan fingerprint density at radius 1 is 1.09 bits per heavy atom. The van der Waals surface area contributed by atoms with Crippen molar-refractivity contribution in [3.63, 3.8) is 0 Å². The molecule has 4 aromatic rings. The molecule has 0 unspecified atom stereocenters. The number of carbonyl (C=O) groups excluding carboxylic acids is 1. The Bertz CT molecular complexity index is 1500. The third-order valence-electron chi connectivity index (χ3n) is 5.14. The van der Waals surface area contributed by atoms with Crippen LogP contribution in [0.4, 0.5) is 4.39 Å². The predicted octanol–water partition coefficient (Wildman–Crippen LogP) is 2.85. The summed E-state index contributed by atoms with van der Waals surface area (Å²) in [5.74, 6) is -0.677. The van der Waals surface area contributed by atoms with Crippen LogP contribution in [0.1, 0.15) is 15.9 Å². The van der Waals surface area contributed by atoms with Crippen LogP contribution in [0.2, 0.25) is 5.02 Å². The largest absolute Gasteiger partial charge is 0.465 e. The predicted molar refractivity (Wildman–Crippen MR) is 119 cm³/mol. The van der Waals surface area contributed by atoms with Crippen LogP contribution in [0.25, 0.3) is 11.2 Å². The minimum Gasteiger partial charge on any atom is -0.465 e. The van der Waals surface area contributed by atoms with Gasteiger partial charge in [0.1, 0.15) is 11.6 Å². The highest BCUT2D eigenvalue weighted by molar-refractivity contribution is 6.31. The Labute approximate surface area is 191 Å². The Morgan fingerprint density at radius 2 is 1.79 bits per heavy atom. The van der Waals surface area contributed by atoms with E-state index in [1.807, 2.05) is 0 Å². The standard InChI is InChI=1S/C22H18ClFN4O5/c1-26-18-17(19(29)27(2)22(26)31)28(11-13-4-7-14(24)10-16(13)23)21(25-18)33-15-8-5-12(6-9-15)20(30)32-3/h4-10H,11H2,1-3H3. The zero-order chi connectivity index (χ0) is 23.9. The number of benzene rings is 2. The zero-order valence-corrected chi connectivity index (χ0v) is 18.6. The molecular weight excluding hydrogens is 455 g/mol. The van der Waals surface area contributed by atoms with E-state index in [1.54, 1.807) is 0 Å². The highest BCUT2D eigenvalue weighted by Gasteiger charge is 2.21. The lowest BCUT2D eigenvalue weighted by Crippen LogP contribution is -2.37. The van der Waals surface area contributed by atoms with Gasteiger partial charge in [0.2, 0.25) is 0 Å². The van der Waals surface area contributed by atoms with Crippen molar-refractivity contribution >= 4 is 28.7 Å². The van der Waals surface area contributed by atoms with Gasteiger partial charge in [-0.25, -0.2) is 14.0 Å². The molecule has 0 aliphatic heterocycles. The summed E-state index contributed by atoms with van der Waals surface area (Å²) in [6.07, 6.45) is 0. The van der Waals surface area contributed by atoms with Crippen LogP contribution in [0.3, 0.4) is 0 Å². The van der Waals surface area contributed by atoms with Crippen molar-refractivity contribution in [2.75, 3.05) is 7.11 Å². The van der Waals surface area contributed by atoms with Gasteiger partial charge in [-0.2, -0.15) is 4.98 Å². The number of hydrogen-bond acceptors (Lipinski definition) is 6. The number of carbonyl (C=O) groups is 1. The smallest absolute Gasteiger partial charge is 0.337 e. The first-order valence-electron chi connectivity index (χ1n) is 9.67. The van der Waals surface area contributed by atoms with Gasteiger partial charge >= 0.3 is 17.7 Å². The lowest BCUT2D eigenvalue weighted by molar-refractivity contribution is 0.0600. The number of fused-ring (bicyclic) bond motifs is 1. The molecule has 11 heteroatoms. The molecule has 2 aromatic heterocycles. The van der Waals surface area contributed by atoms with Crippen LogP contribution >= 0.6 is 11.6 Å². The molecule has 0 bridgehead atoms. The van der Waals surface area contributed by atoms with Gasteiger partial charge in [-0.3, -0.25) is 18.5 Å². The monoisotopic (exact) mass is 472 g/mol. The number of aromatic nitrogens is 4. The van der Waals surface area contributed by atoms with Gasteiger partial charge in [-0.1, -0.05) is 17.7 Å². The summed E-state index contributed by atoms with van der Waals surface area (Å²) in [5.41, 5.74) is -0.0590. The maximum Gasteiger partial charge on any atom is 0.337 e. The molecule has 0 fully saturated rings. The van der Waals surface area contributed by atoms with Crippen molar-refractivity contribution in [2.45, 2.75) is 6.54 Å². The summed E-state index contributed by atoms with van der Waals surface area (Å²) in [6, 6.07) is 10.0. The van der Waals surface area contributed by atoms with Gasteiger partial charge in [-0.05, 0) is 42.0 Å². The van der Waals surface area contributed by atoms with Crippen LogP contribution in [-0.2, 0) is 25.4 Å². The highest BCUT2D eigenvalue weighted by atomic mass is 35.5. The van der Waals surface area contributed by atoms with Crippen LogP contribution in [-0.4, -0.2) is 31.8 Å². The van der Waals surface area contributed by atoms with E-state index >= 15 is 0 Å². The first-order valence-corrected chi connectivity index (χ1v) is 10.1. The molecule has 0 aliphatic rings. The molecule has 0 saturated heterocycles. The van der Waals surface area contributed by atoms with Gasteiger partial charge in [-0.15, -0.1) is 0 Å². The molecule has 0 atom stereocenters. The molecule has 0 spiro atoms. The second kappa shape index (κ2) is 8.55. The Morgan fingerprint density at radius 3 is 2.42 bits per heavy atom. The molecular formula is C22H18ClFN4O5. The highest BCUT2D eigenvalue weighted by Crippen LogP contribution is 2.27. The topological polar surface area (TPSA) is 97.4 Å². The fourth-order valence-corrected chi connectivity index (χ4v) is 3.58. The van der Waals surface area contributed by atoms with Crippen LogP contribution in [0, 0.1) is 5.82 Å². The van der Waals surface area contributed by atoms with Gasteiger partial charge in [0.25, 0.3) is 5.56 Å². The van der Waals surface area contributed by atoms with E-state index in [0.717, 1.165) is 10.6 Å². The molecule has 33 heavy (non-hydrogen) atoms. The number of aryl methyl sites for hydroxylation is 1. The zero-order valence-electron chi connectivity index (χ0n) is 17.8. The normalized spacial score (nSPS) is 11.1. The molecule has 0 saturated carbocycles. The second-order valence-corrected chi connectivity index (χ2v) is 7.62. The first-order chi connectivity index (χ1) is 15.7. The van der Waals surface area contributed by atoms with Crippen molar-refractivity contribution < 1.29 is 18.7 Å². The van der Waals surface area contributed by atoms with E-state index in [9.17, 15) is 18.8 Å². The molecule has 0 radical (unpaired) electrons. The summed E-state index contributed by atoms with van der Waals surface area (Å²) in [6.45, 7) is 0.0264. The second-order valence-electron chi connectivity index (χ2n) is 7.21. The Hall–Kier alpha value is -3.92. The summed E-state index contributed by atoms with van der Waals surface area (Å²) in [7, 11) is 4.13. The maximum atomic E-state index is 13.5. The molecule has 4 rings (SSSR count). The lowest BCUT2D eigenvalue weighted by Gasteiger charge is -2.11.